The standard InChI is InChI=1S/C20H28BF3O3/c1-18(2,3)25-12-11-14(13-9-8-10-15(22)16(13)23)17(24)21-26-19(4,5)20(6,7)27-21/h8-10H,11-12H2,1-7H3. The largest absolute Gasteiger partial charge is 0.525 e. The molecule has 0 amide bonds. The molecule has 27 heavy (non-hydrogen) atoms. The van der Waals surface area contributed by atoms with E-state index in [1.807, 2.05) is 20.8 Å². The predicted molar refractivity (Wildman–Crippen MR) is 101 cm³/mol. The third-order valence-electron chi connectivity index (χ3n) is 4.91. The lowest BCUT2D eigenvalue weighted by Gasteiger charge is -2.32. The minimum atomic E-state index is -1.29. The summed E-state index contributed by atoms with van der Waals surface area (Å²) in [5, 5.41) is 0. The summed E-state index contributed by atoms with van der Waals surface area (Å²) in [7, 11) is -1.29. The van der Waals surface area contributed by atoms with E-state index in [1.54, 1.807) is 27.7 Å². The Morgan fingerprint density at radius 3 is 2.15 bits per heavy atom. The summed E-state index contributed by atoms with van der Waals surface area (Å²) in [5.74, 6) is -2.14. The lowest BCUT2D eigenvalue weighted by molar-refractivity contribution is 0.000548. The molecule has 0 atom stereocenters. The van der Waals surface area contributed by atoms with Crippen molar-refractivity contribution in [2.45, 2.75) is 71.7 Å². The van der Waals surface area contributed by atoms with Crippen LogP contribution < -0.4 is 0 Å². The molecule has 0 unspecified atom stereocenters. The van der Waals surface area contributed by atoms with Crippen molar-refractivity contribution in [1.82, 2.24) is 0 Å². The van der Waals surface area contributed by atoms with E-state index in [-0.39, 0.29) is 24.2 Å². The van der Waals surface area contributed by atoms with Crippen LogP contribution in [0.1, 0.15) is 60.5 Å². The normalized spacial score (nSPS) is 20.0. The number of rotatable bonds is 5. The zero-order valence-electron chi connectivity index (χ0n) is 17.1. The Morgan fingerprint density at radius 1 is 1.07 bits per heavy atom. The molecule has 3 nitrogen and oxygen atoms in total. The fourth-order valence-electron chi connectivity index (χ4n) is 2.67. The third-order valence-corrected chi connectivity index (χ3v) is 4.91. The Kier molecular flexibility index (Phi) is 6.19. The predicted octanol–water partition coefficient (Wildman–Crippen LogP) is 5.48. The molecule has 0 spiro atoms. The number of hydrogen-bond donors (Lipinski definition) is 0. The van der Waals surface area contributed by atoms with Gasteiger partial charge in [0.2, 0.25) is 0 Å². The first-order chi connectivity index (χ1) is 12.3. The summed E-state index contributed by atoms with van der Waals surface area (Å²) in [6.45, 7) is 12.9. The highest BCUT2D eigenvalue weighted by molar-refractivity contribution is 6.55. The van der Waals surface area contributed by atoms with E-state index in [0.29, 0.717) is 0 Å². The number of hydrogen-bond acceptors (Lipinski definition) is 3. The van der Waals surface area contributed by atoms with Gasteiger partial charge in [0.05, 0.1) is 23.4 Å². The van der Waals surface area contributed by atoms with Gasteiger partial charge in [0, 0.05) is 5.56 Å². The van der Waals surface area contributed by atoms with E-state index in [0.717, 1.165) is 6.07 Å². The van der Waals surface area contributed by atoms with Crippen molar-refractivity contribution in [3.63, 3.8) is 0 Å². The maximum atomic E-state index is 15.4. The average Bonchev–Trinajstić information content (AvgIpc) is 2.74. The van der Waals surface area contributed by atoms with E-state index in [4.69, 9.17) is 14.0 Å². The summed E-state index contributed by atoms with van der Waals surface area (Å²) in [6.07, 6.45) is 0.0492. The van der Waals surface area contributed by atoms with Gasteiger partial charge in [-0.3, -0.25) is 0 Å². The van der Waals surface area contributed by atoms with Crippen molar-refractivity contribution in [3.8, 4) is 0 Å². The first kappa shape index (κ1) is 22.0. The molecular formula is C20H28BF3O3. The van der Waals surface area contributed by atoms with Gasteiger partial charge in [-0.2, -0.15) is 0 Å². The zero-order chi connectivity index (χ0) is 20.6. The molecular weight excluding hydrogens is 356 g/mol. The molecule has 1 aromatic rings. The van der Waals surface area contributed by atoms with Crippen LogP contribution in [0.5, 0.6) is 0 Å². The second-order valence-electron chi connectivity index (χ2n) is 8.73. The van der Waals surface area contributed by atoms with Crippen molar-refractivity contribution in [2.75, 3.05) is 6.61 Å². The maximum Gasteiger partial charge on any atom is 0.525 e. The van der Waals surface area contributed by atoms with Gasteiger partial charge in [-0.1, -0.05) is 12.1 Å². The van der Waals surface area contributed by atoms with Crippen LogP contribution in [-0.2, 0) is 14.0 Å². The second-order valence-corrected chi connectivity index (χ2v) is 8.73. The molecule has 1 heterocycles. The molecule has 1 aliphatic rings. The molecule has 1 fully saturated rings. The van der Waals surface area contributed by atoms with Crippen LogP contribution in [0.4, 0.5) is 13.2 Å². The highest BCUT2D eigenvalue weighted by Crippen LogP contribution is 2.41. The molecule has 1 saturated heterocycles. The molecule has 7 heteroatoms. The Morgan fingerprint density at radius 2 is 1.63 bits per heavy atom. The molecule has 0 N–H and O–H groups in total. The fourth-order valence-corrected chi connectivity index (χ4v) is 2.67. The molecule has 0 radical (unpaired) electrons. The third kappa shape index (κ3) is 4.95. The average molecular weight is 384 g/mol. The Labute approximate surface area is 160 Å². The first-order valence-electron chi connectivity index (χ1n) is 9.08. The molecule has 0 aromatic heterocycles. The Balaban J connectivity index is 2.42. The molecule has 0 aliphatic carbocycles. The summed E-state index contributed by atoms with van der Waals surface area (Å²) in [4.78, 5) is 0. The van der Waals surface area contributed by atoms with Gasteiger partial charge in [-0.15, -0.1) is 0 Å². The Bertz CT molecular complexity index is 708. The SMILES string of the molecule is CC(C)(C)OCCC(=C(F)B1OC(C)(C)C(C)(C)O1)c1cccc(F)c1F. The topological polar surface area (TPSA) is 27.7 Å². The molecule has 0 bridgehead atoms. The van der Waals surface area contributed by atoms with E-state index in [2.05, 4.69) is 0 Å². The van der Waals surface area contributed by atoms with Gasteiger partial charge in [-0.05, 0) is 66.5 Å². The van der Waals surface area contributed by atoms with Crippen molar-refractivity contribution >= 4 is 12.7 Å². The monoisotopic (exact) mass is 384 g/mol. The lowest BCUT2D eigenvalue weighted by atomic mass is 9.81. The summed E-state index contributed by atoms with van der Waals surface area (Å²) in [5.41, 5.74) is -2.87. The molecule has 2 rings (SSSR count). The van der Waals surface area contributed by atoms with Crippen molar-refractivity contribution in [2.24, 2.45) is 0 Å². The number of halogens is 3. The van der Waals surface area contributed by atoms with E-state index in [9.17, 15) is 8.78 Å². The van der Waals surface area contributed by atoms with Gasteiger partial charge in [0.1, 0.15) is 5.73 Å². The van der Waals surface area contributed by atoms with Gasteiger partial charge in [0.15, 0.2) is 11.6 Å². The second kappa shape index (κ2) is 7.61. The quantitative estimate of drug-likeness (QED) is 0.629. The van der Waals surface area contributed by atoms with Crippen molar-refractivity contribution in [1.29, 1.82) is 0 Å². The van der Waals surface area contributed by atoms with Gasteiger partial charge in [-0.25, -0.2) is 13.2 Å². The zero-order valence-corrected chi connectivity index (χ0v) is 17.1. The number of benzene rings is 1. The summed E-state index contributed by atoms with van der Waals surface area (Å²) >= 11 is 0. The highest BCUT2D eigenvalue weighted by atomic mass is 19.2. The maximum absolute atomic E-state index is 15.4. The first-order valence-corrected chi connectivity index (χ1v) is 9.08. The molecule has 0 saturated carbocycles. The van der Waals surface area contributed by atoms with E-state index in [1.165, 1.54) is 12.1 Å². The van der Waals surface area contributed by atoms with Crippen LogP contribution in [0, 0.1) is 11.6 Å². The lowest BCUT2D eigenvalue weighted by Crippen LogP contribution is -2.41. The van der Waals surface area contributed by atoms with Crippen LogP contribution in [-0.4, -0.2) is 30.5 Å². The van der Waals surface area contributed by atoms with Gasteiger partial charge < -0.3 is 14.0 Å². The smallest absolute Gasteiger partial charge is 0.398 e. The fraction of sp³-hybridized carbons (Fsp3) is 0.600. The van der Waals surface area contributed by atoms with Crippen molar-refractivity contribution in [3.05, 3.63) is 41.1 Å². The Hall–Kier alpha value is -1.31. The minimum Gasteiger partial charge on any atom is -0.398 e. The van der Waals surface area contributed by atoms with Crippen LogP contribution in [0.25, 0.3) is 5.57 Å². The highest BCUT2D eigenvalue weighted by Gasteiger charge is 2.53. The molecule has 1 aliphatic heterocycles. The number of ether oxygens (including phenoxy) is 1. The van der Waals surface area contributed by atoms with E-state index >= 15 is 4.39 Å². The minimum absolute atomic E-state index is 0.0187. The van der Waals surface area contributed by atoms with Crippen molar-refractivity contribution < 1.29 is 27.2 Å². The van der Waals surface area contributed by atoms with Crippen LogP contribution in [0.3, 0.4) is 0 Å². The van der Waals surface area contributed by atoms with Crippen LogP contribution in [0.2, 0.25) is 0 Å². The van der Waals surface area contributed by atoms with Gasteiger partial charge in [0.25, 0.3) is 0 Å². The van der Waals surface area contributed by atoms with Gasteiger partial charge >= 0.3 is 7.12 Å². The van der Waals surface area contributed by atoms with Crippen LogP contribution >= 0.6 is 0 Å². The molecule has 150 valence electrons. The molecule has 1 aromatic carbocycles. The summed E-state index contributed by atoms with van der Waals surface area (Å²) in [6, 6.07) is 3.68. The van der Waals surface area contributed by atoms with Crippen LogP contribution in [0.15, 0.2) is 23.9 Å². The summed E-state index contributed by atoms with van der Waals surface area (Å²) < 4.78 is 60.6. The van der Waals surface area contributed by atoms with E-state index < -0.39 is 41.3 Å².